The lowest BCUT2D eigenvalue weighted by Crippen LogP contribution is -2.56. The first-order chi connectivity index (χ1) is 16.3. The summed E-state index contributed by atoms with van der Waals surface area (Å²) in [4.78, 5) is 31.6. The highest BCUT2D eigenvalue weighted by Gasteiger charge is 2.50. The number of piperidine rings is 1. The molecule has 8 atom stereocenters. The molecular weight excluding hydrogens is 459 g/mol. The largest absolute Gasteiger partial charge is 0.481 e. The van der Waals surface area contributed by atoms with E-state index in [-0.39, 0.29) is 34.7 Å². The molecule has 188 valence electrons. The second kappa shape index (κ2) is 9.87. The van der Waals surface area contributed by atoms with Crippen LogP contribution >= 0.6 is 11.8 Å². The summed E-state index contributed by atoms with van der Waals surface area (Å²) in [5.41, 5.74) is 1.51. The summed E-state index contributed by atoms with van der Waals surface area (Å²) in [7, 11) is 0. The fraction of sp³-hybridized carbons (Fsp3) is 0.792. The van der Waals surface area contributed by atoms with Crippen LogP contribution in [0.4, 0.5) is 4.39 Å². The van der Waals surface area contributed by atoms with Crippen molar-refractivity contribution in [1.29, 1.82) is 0 Å². The van der Waals surface area contributed by atoms with Gasteiger partial charge in [0.05, 0.1) is 30.3 Å². The molecule has 2 N–H and O–H groups in total. The number of hydrogen-bond donors (Lipinski definition) is 2. The maximum Gasteiger partial charge on any atom is 0.308 e. The fourth-order valence-corrected chi connectivity index (χ4v) is 8.26. The molecule has 5 rings (SSSR count). The zero-order chi connectivity index (χ0) is 24.0. The van der Waals surface area contributed by atoms with Gasteiger partial charge in [0, 0.05) is 55.7 Å². The number of halogens is 1. The van der Waals surface area contributed by atoms with E-state index in [1.807, 2.05) is 11.8 Å². The third-order valence-electron chi connectivity index (χ3n) is 8.09. The van der Waals surface area contributed by atoms with Gasteiger partial charge in [-0.25, -0.2) is 9.37 Å². The van der Waals surface area contributed by atoms with E-state index in [1.54, 1.807) is 16.3 Å². The van der Waals surface area contributed by atoms with Crippen molar-refractivity contribution in [2.24, 2.45) is 17.8 Å². The minimum absolute atomic E-state index is 0.00672. The Morgan fingerprint density at radius 2 is 2.15 bits per heavy atom. The van der Waals surface area contributed by atoms with E-state index in [4.69, 9.17) is 4.74 Å². The van der Waals surface area contributed by atoms with Crippen molar-refractivity contribution >= 4 is 17.7 Å². The number of ether oxygens (including phenoxy) is 1. The van der Waals surface area contributed by atoms with Gasteiger partial charge in [0.1, 0.15) is 12.0 Å². The standard InChI is InChI=1S/C24H35FN4O4S/c1-13-7-17(22-21(26-13)19(12-34-22)24(31)32)15-8-16(25)9-28-4-3-20-18(10-28)23(30)29(14(2)27-20)5-6-33-11-15/h13,15-17,19,21-22,26H,3-12H2,1-2H3,(H,31,32). The molecule has 8 nitrogen and oxygen atoms in total. The number of thioether (sulfide) groups is 1. The fourth-order valence-electron chi connectivity index (χ4n) is 6.42. The number of aromatic nitrogens is 2. The number of aliphatic carboxylic acids is 1. The lowest BCUT2D eigenvalue weighted by atomic mass is 9.75. The van der Waals surface area contributed by atoms with Gasteiger partial charge < -0.3 is 15.2 Å². The van der Waals surface area contributed by atoms with Crippen LogP contribution in [-0.2, 0) is 29.0 Å². The Morgan fingerprint density at radius 3 is 2.94 bits per heavy atom. The summed E-state index contributed by atoms with van der Waals surface area (Å²) in [5, 5.41) is 13.4. The number of aryl methyl sites for hydroxylation is 1. The van der Waals surface area contributed by atoms with Crippen LogP contribution in [0.15, 0.2) is 4.79 Å². The minimum atomic E-state index is -1.03. The number of nitrogens with zero attached hydrogens (tertiary/aromatic N) is 3. The first-order valence-electron chi connectivity index (χ1n) is 12.5. The molecule has 0 aromatic carbocycles. The predicted octanol–water partition coefficient (Wildman–Crippen LogP) is 1.47. The summed E-state index contributed by atoms with van der Waals surface area (Å²) in [5.74, 6) is 0.330. The quantitative estimate of drug-likeness (QED) is 0.638. The topological polar surface area (TPSA) is 96.7 Å². The van der Waals surface area contributed by atoms with Gasteiger partial charge in [0.2, 0.25) is 0 Å². The molecule has 0 spiro atoms. The molecule has 8 unspecified atom stereocenters. The van der Waals surface area contributed by atoms with E-state index in [1.165, 1.54) is 0 Å². The van der Waals surface area contributed by atoms with Crippen LogP contribution < -0.4 is 10.9 Å². The zero-order valence-corrected chi connectivity index (χ0v) is 20.7. The van der Waals surface area contributed by atoms with Crippen molar-refractivity contribution in [2.75, 3.05) is 32.1 Å². The molecule has 0 aliphatic carbocycles. The van der Waals surface area contributed by atoms with Gasteiger partial charge in [0.25, 0.3) is 5.56 Å². The number of hydrogen-bond acceptors (Lipinski definition) is 7. The van der Waals surface area contributed by atoms with Crippen molar-refractivity contribution in [3.63, 3.8) is 0 Å². The van der Waals surface area contributed by atoms with Crippen LogP contribution in [0, 0.1) is 24.7 Å². The highest BCUT2D eigenvalue weighted by atomic mass is 32.2. The summed E-state index contributed by atoms with van der Waals surface area (Å²) < 4.78 is 23.3. The summed E-state index contributed by atoms with van der Waals surface area (Å²) in [6, 6.07) is 0.0944. The number of alkyl halides is 1. The molecule has 4 aliphatic rings. The first-order valence-corrected chi connectivity index (χ1v) is 13.5. The third kappa shape index (κ3) is 4.66. The van der Waals surface area contributed by atoms with Gasteiger partial charge in [-0.3, -0.25) is 19.1 Å². The van der Waals surface area contributed by atoms with Gasteiger partial charge in [-0.05, 0) is 38.5 Å². The molecule has 1 aromatic heterocycles. The van der Waals surface area contributed by atoms with Crippen LogP contribution in [-0.4, -0.2) is 81.1 Å². The van der Waals surface area contributed by atoms with E-state index >= 15 is 4.39 Å². The highest BCUT2D eigenvalue weighted by molar-refractivity contribution is 8.00. The Balaban J connectivity index is 1.39. The Bertz CT molecular complexity index is 990. The Morgan fingerprint density at radius 1 is 1.32 bits per heavy atom. The Kier molecular flexibility index (Phi) is 7.03. The molecule has 1 aromatic rings. The molecule has 0 amide bonds. The van der Waals surface area contributed by atoms with E-state index in [0.29, 0.717) is 69.4 Å². The first kappa shape index (κ1) is 24.2. The van der Waals surface area contributed by atoms with Crippen LogP contribution in [0.2, 0.25) is 0 Å². The lowest BCUT2D eigenvalue weighted by Gasteiger charge is -2.43. The minimum Gasteiger partial charge on any atom is -0.481 e. The SMILES string of the molecule is Cc1nc2c3c(=O)n1CCOCC(C1CC(C)NC4C(C(=O)O)CSC14)CC(F)CN(CC2)C3. The zero-order valence-electron chi connectivity index (χ0n) is 19.9. The number of fused-ring (bicyclic) bond motifs is 3. The smallest absolute Gasteiger partial charge is 0.308 e. The molecule has 34 heavy (non-hydrogen) atoms. The van der Waals surface area contributed by atoms with Crippen LogP contribution in [0.3, 0.4) is 0 Å². The molecule has 3 bridgehead atoms. The summed E-state index contributed by atoms with van der Waals surface area (Å²) >= 11 is 1.72. The number of rotatable bonds is 2. The van der Waals surface area contributed by atoms with Crippen molar-refractivity contribution in [3.8, 4) is 0 Å². The van der Waals surface area contributed by atoms with Crippen LogP contribution in [0.1, 0.15) is 36.8 Å². The summed E-state index contributed by atoms with van der Waals surface area (Å²) in [6.45, 7) is 6.62. The average molecular weight is 495 g/mol. The molecule has 5 heterocycles. The number of carboxylic acids is 1. The van der Waals surface area contributed by atoms with Crippen molar-refractivity contribution in [3.05, 3.63) is 27.4 Å². The molecule has 10 heteroatoms. The van der Waals surface area contributed by atoms with Gasteiger partial charge in [0.15, 0.2) is 0 Å². The highest BCUT2D eigenvalue weighted by Crippen LogP contribution is 2.45. The monoisotopic (exact) mass is 494 g/mol. The van der Waals surface area contributed by atoms with E-state index in [2.05, 4.69) is 17.2 Å². The molecule has 2 saturated heterocycles. The van der Waals surface area contributed by atoms with E-state index in [9.17, 15) is 14.7 Å². The van der Waals surface area contributed by atoms with Crippen LogP contribution in [0.5, 0.6) is 0 Å². The number of carboxylic acid groups (broad SMARTS) is 1. The molecule has 0 radical (unpaired) electrons. The molecular formula is C24H35FN4O4S. The van der Waals surface area contributed by atoms with Gasteiger partial charge in [-0.2, -0.15) is 11.8 Å². The average Bonchev–Trinajstić information content (AvgIpc) is 3.21. The normalized spacial score (nSPS) is 38.4. The Labute approximate surface area is 203 Å². The third-order valence-corrected chi connectivity index (χ3v) is 9.67. The maximum absolute atomic E-state index is 15.5. The molecule has 2 fully saturated rings. The van der Waals surface area contributed by atoms with Crippen molar-refractivity contribution in [1.82, 2.24) is 19.8 Å². The van der Waals surface area contributed by atoms with Gasteiger partial charge in [-0.1, -0.05) is 0 Å². The second-order valence-corrected chi connectivity index (χ2v) is 11.6. The van der Waals surface area contributed by atoms with Crippen LogP contribution in [0.25, 0.3) is 0 Å². The maximum atomic E-state index is 15.5. The molecule has 4 aliphatic heterocycles. The van der Waals surface area contributed by atoms with E-state index in [0.717, 1.165) is 12.1 Å². The number of nitrogens with one attached hydrogen (secondary N) is 1. The van der Waals surface area contributed by atoms with E-state index < -0.39 is 18.1 Å². The molecule has 0 saturated carbocycles. The van der Waals surface area contributed by atoms with Gasteiger partial charge >= 0.3 is 5.97 Å². The predicted molar refractivity (Wildman–Crippen MR) is 128 cm³/mol. The van der Waals surface area contributed by atoms with Crippen molar-refractivity contribution in [2.45, 2.75) is 69.7 Å². The summed E-state index contributed by atoms with van der Waals surface area (Å²) in [6.07, 6.45) is 0.926. The Hall–Kier alpha value is -1.49. The van der Waals surface area contributed by atoms with Crippen molar-refractivity contribution < 1.29 is 19.0 Å². The number of carbonyl (C=O) groups is 1. The van der Waals surface area contributed by atoms with Gasteiger partial charge in [-0.15, -0.1) is 0 Å². The lowest BCUT2D eigenvalue weighted by molar-refractivity contribution is -0.142. The second-order valence-electron chi connectivity index (χ2n) is 10.4.